The molecule has 0 aromatic carbocycles. The minimum absolute atomic E-state index is 0.0989. The topological polar surface area (TPSA) is 69.4 Å². The van der Waals surface area contributed by atoms with Gasteiger partial charge in [-0.2, -0.15) is 0 Å². The number of hydrogen-bond acceptors (Lipinski definition) is 4. The number of rotatable bonds is 5. The predicted molar refractivity (Wildman–Crippen MR) is 42.3 cm³/mol. The fourth-order valence-corrected chi connectivity index (χ4v) is 0.560. The molecule has 0 unspecified atom stereocenters. The number of esters is 1. The Bertz CT molecular complexity index is 188. The summed E-state index contributed by atoms with van der Waals surface area (Å²) in [5, 5.41) is 9.81. The van der Waals surface area contributed by atoms with Gasteiger partial charge >= 0.3 is 5.97 Å². The summed E-state index contributed by atoms with van der Waals surface area (Å²) in [7, 11) is 0. The molecule has 0 bridgehead atoms. The van der Waals surface area contributed by atoms with Crippen LogP contribution in [-0.4, -0.2) is 24.0 Å². The first kappa shape index (κ1) is 10.6. The van der Waals surface area contributed by atoms with Crippen molar-refractivity contribution in [2.75, 3.05) is 13.2 Å². The van der Waals surface area contributed by atoms with E-state index in [9.17, 15) is 14.9 Å². The van der Waals surface area contributed by atoms with Gasteiger partial charge in [0.2, 0.25) is 6.54 Å². The van der Waals surface area contributed by atoms with Crippen LogP contribution in [0.2, 0.25) is 0 Å². The highest BCUT2D eigenvalue weighted by Gasteiger charge is 1.96. The SMILES string of the molecule is CCOC(=O)CC=CC[N+](=O)[O-]. The van der Waals surface area contributed by atoms with Gasteiger partial charge in [0.05, 0.1) is 13.0 Å². The summed E-state index contributed by atoms with van der Waals surface area (Å²) in [5.41, 5.74) is 0. The second kappa shape index (κ2) is 6.33. The van der Waals surface area contributed by atoms with Crippen molar-refractivity contribution in [1.82, 2.24) is 0 Å². The van der Waals surface area contributed by atoms with E-state index < -0.39 is 4.92 Å². The molecule has 12 heavy (non-hydrogen) atoms. The van der Waals surface area contributed by atoms with E-state index in [1.54, 1.807) is 6.92 Å². The van der Waals surface area contributed by atoms with Gasteiger partial charge in [0.25, 0.3) is 0 Å². The summed E-state index contributed by atoms with van der Waals surface area (Å²) in [6.45, 7) is 1.79. The van der Waals surface area contributed by atoms with Crippen LogP contribution in [0.5, 0.6) is 0 Å². The van der Waals surface area contributed by atoms with E-state index in [2.05, 4.69) is 4.74 Å². The van der Waals surface area contributed by atoms with Crippen molar-refractivity contribution in [3.8, 4) is 0 Å². The number of nitrogens with zero attached hydrogens (tertiary/aromatic N) is 1. The van der Waals surface area contributed by atoms with E-state index in [0.29, 0.717) is 6.61 Å². The molecule has 0 fully saturated rings. The normalized spacial score (nSPS) is 10.1. The summed E-state index contributed by atoms with van der Waals surface area (Å²) >= 11 is 0. The van der Waals surface area contributed by atoms with Gasteiger partial charge in [-0.3, -0.25) is 14.9 Å². The molecule has 0 spiro atoms. The second-order valence-electron chi connectivity index (χ2n) is 2.00. The first-order valence-corrected chi connectivity index (χ1v) is 3.59. The number of carbonyl (C=O) groups excluding carboxylic acids is 1. The highest BCUT2D eigenvalue weighted by molar-refractivity contribution is 5.71. The lowest BCUT2D eigenvalue weighted by Crippen LogP contribution is -2.02. The molecular weight excluding hydrogens is 162 g/mol. The second-order valence-corrected chi connectivity index (χ2v) is 2.00. The predicted octanol–water partition coefficient (Wildman–Crippen LogP) is 0.772. The minimum atomic E-state index is -0.471. The molecule has 0 saturated heterocycles. The maximum absolute atomic E-state index is 10.6. The van der Waals surface area contributed by atoms with Gasteiger partial charge in [-0.15, -0.1) is 0 Å². The fraction of sp³-hybridized carbons (Fsp3) is 0.571. The quantitative estimate of drug-likeness (QED) is 0.266. The molecule has 0 atom stereocenters. The summed E-state index contributed by atoms with van der Waals surface area (Å²) in [4.78, 5) is 20.0. The number of ether oxygens (including phenoxy) is 1. The van der Waals surface area contributed by atoms with Gasteiger partial charge in [0, 0.05) is 4.92 Å². The Morgan fingerprint density at radius 3 is 2.75 bits per heavy atom. The molecule has 0 heterocycles. The average molecular weight is 173 g/mol. The van der Waals surface area contributed by atoms with Crippen LogP contribution in [0.4, 0.5) is 0 Å². The molecule has 0 aliphatic heterocycles. The zero-order chi connectivity index (χ0) is 9.40. The average Bonchev–Trinajstić information content (AvgIpc) is 1.98. The van der Waals surface area contributed by atoms with Crippen LogP contribution in [0, 0.1) is 10.1 Å². The van der Waals surface area contributed by atoms with Crippen molar-refractivity contribution in [2.45, 2.75) is 13.3 Å². The van der Waals surface area contributed by atoms with Crippen LogP contribution in [0.3, 0.4) is 0 Å². The molecule has 0 saturated carbocycles. The molecule has 5 heteroatoms. The van der Waals surface area contributed by atoms with Crippen LogP contribution in [0.25, 0.3) is 0 Å². The van der Waals surface area contributed by atoms with E-state index in [-0.39, 0.29) is 18.9 Å². The van der Waals surface area contributed by atoms with Gasteiger partial charge in [0.1, 0.15) is 0 Å². The summed E-state index contributed by atoms with van der Waals surface area (Å²) in [6.07, 6.45) is 2.86. The van der Waals surface area contributed by atoms with E-state index in [0.717, 1.165) is 0 Å². The third-order valence-corrected chi connectivity index (χ3v) is 1.01. The Hall–Kier alpha value is -1.39. The lowest BCUT2D eigenvalue weighted by atomic mass is 10.4. The van der Waals surface area contributed by atoms with Crippen LogP contribution < -0.4 is 0 Å². The van der Waals surface area contributed by atoms with Crippen molar-refractivity contribution in [1.29, 1.82) is 0 Å². The minimum Gasteiger partial charge on any atom is -0.466 e. The molecule has 0 aromatic rings. The first-order chi connectivity index (χ1) is 5.66. The van der Waals surface area contributed by atoms with Gasteiger partial charge in [-0.25, -0.2) is 0 Å². The molecule has 0 radical (unpaired) electrons. The Morgan fingerprint density at radius 2 is 2.25 bits per heavy atom. The van der Waals surface area contributed by atoms with Crippen molar-refractivity contribution in [2.24, 2.45) is 0 Å². The molecule has 0 aliphatic carbocycles. The molecule has 0 amide bonds. The van der Waals surface area contributed by atoms with E-state index in [1.165, 1.54) is 12.2 Å². The summed E-state index contributed by atoms with van der Waals surface area (Å²) < 4.78 is 4.59. The van der Waals surface area contributed by atoms with Crippen molar-refractivity contribution < 1.29 is 14.5 Å². The number of carbonyl (C=O) groups is 1. The largest absolute Gasteiger partial charge is 0.466 e. The smallest absolute Gasteiger partial charge is 0.309 e. The maximum Gasteiger partial charge on any atom is 0.309 e. The third kappa shape index (κ3) is 6.73. The fourth-order valence-electron chi connectivity index (χ4n) is 0.560. The van der Waals surface area contributed by atoms with Crippen molar-refractivity contribution in [3.05, 3.63) is 22.3 Å². The maximum atomic E-state index is 10.6. The van der Waals surface area contributed by atoms with E-state index in [4.69, 9.17) is 0 Å². The molecule has 0 aromatic heterocycles. The number of nitro groups is 1. The zero-order valence-electron chi connectivity index (χ0n) is 6.86. The molecule has 0 N–H and O–H groups in total. The first-order valence-electron chi connectivity index (χ1n) is 3.59. The van der Waals surface area contributed by atoms with Crippen LogP contribution in [-0.2, 0) is 9.53 Å². The Morgan fingerprint density at radius 1 is 1.58 bits per heavy atom. The molecular formula is C7H11NO4. The van der Waals surface area contributed by atoms with Crippen LogP contribution in [0.15, 0.2) is 12.2 Å². The lowest BCUT2D eigenvalue weighted by molar-refractivity contribution is -0.468. The van der Waals surface area contributed by atoms with Crippen LogP contribution in [0.1, 0.15) is 13.3 Å². The Kier molecular flexibility index (Phi) is 5.60. The number of hydrogen-bond donors (Lipinski definition) is 0. The van der Waals surface area contributed by atoms with Crippen LogP contribution >= 0.6 is 0 Å². The van der Waals surface area contributed by atoms with Gasteiger partial charge < -0.3 is 4.74 Å². The van der Waals surface area contributed by atoms with E-state index >= 15 is 0 Å². The van der Waals surface area contributed by atoms with Crippen molar-refractivity contribution >= 4 is 5.97 Å². The summed E-state index contributed by atoms with van der Waals surface area (Å²) in [6, 6.07) is 0. The van der Waals surface area contributed by atoms with Gasteiger partial charge in [-0.05, 0) is 13.0 Å². The van der Waals surface area contributed by atoms with Gasteiger partial charge in [0.15, 0.2) is 0 Å². The highest BCUT2D eigenvalue weighted by Crippen LogP contribution is 1.88. The third-order valence-electron chi connectivity index (χ3n) is 1.01. The molecule has 5 nitrogen and oxygen atoms in total. The highest BCUT2D eigenvalue weighted by atomic mass is 16.6. The summed E-state index contributed by atoms with van der Waals surface area (Å²) in [5.74, 6) is -0.364. The molecule has 0 aliphatic rings. The van der Waals surface area contributed by atoms with Gasteiger partial charge in [-0.1, -0.05) is 6.08 Å². The zero-order valence-corrected chi connectivity index (χ0v) is 6.86. The van der Waals surface area contributed by atoms with Crippen molar-refractivity contribution in [3.63, 3.8) is 0 Å². The Balaban J connectivity index is 3.46. The van der Waals surface area contributed by atoms with E-state index in [1.807, 2.05) is 0 Å². The standard InChI is InChI=1S/C7H11NO4/c1-2-12-7(9)5-3-4-6-8(10)11/h3-4H,2,5-6H2,1H3. The lowest BCUT2D eigenvalue weighted by Gasteiger charge is -1.95. The molecule has 0 rings (SSSR count). The monoisotopic (exact) mass is 173 g/mol. The Labute approximate surface area is 70.2 Å². The molecule has 68 valence electrons.